The second kappa shape index (κ2) is 7.32. The average molecular weight is 425 g/mol. The van der Waals surface area contributed by atoms with Crippen LogP contribution < -0.4 is 10.5 Å². The van der Waals surface area contributed by atoms with E-state index in [-0.39, 0.29) is 19.0 Å². The lowest BCUT2D eigenvalue weighted by atomic mass is 9.99. The molecule has 0 unspecified atom stereocenters. The van der Waals surface area contributed by atoms with Gasteiger partial charge in [0, 0.05) is 4.47 Å². The van der Waals surface area contributed by atoms with E-state index < -0.39 is 5.54 Å². The fourth-order valence-corrected chi connectivity index (χ4v) is 3.55. The molecule has 1 aliphatic carbocycles. The highest BCUT2D eigenvalue weighted by molar-refractivity contribution is 9.10. The summed E-state index contributed by atoms with van der Waals surface area (Å²) < 4.78 is 12.1. The molecule has 2 aromatic carbocycles. The number of hydrogen-bond acceptors (Lipinski definition) is 5. The molecular weight excluding hydrogens is 406 g/mol. The van der Waals surface area contributed by atoms with E-state index in [1.54, 1.807) is 0 Å². The quantitative estimate of drug-likeness (QED) is 0.656. The smallest absolute Gasteiger partial charge is 0.264 e. The molecule has 4 rings (SSSR count). The molecular formula is C18H19BrClN3O2. The average Bonchev–Trinajstić information content (AvgIpc) is 3.23. The van der Waals surface area contributed by atoms with Gasteiger partial charge in [0.15, 0.2) is 12.4 Å². The summed E-state index contributed by atoms with van der Waals surface area (Å²) in [5, 5.41) is 6.32. The maximum Gasteiger partial charge on any atom is 0.264 e. The van der Waals surface area contributed by atoms with E-state index in [4.69, 9.17) is 15.0 Å². The van der Waals surface area contributed by atoms with Crippen LogP contribution in [-0.2, 0) is 12.1 Å². The zero-order chi connectivity index (χ0) is 16.6. The zero-order valence-electron chi connectivity index (χ0n) is 13.6. The van der Waals surface area contributed by atoms with Gasteiger partial charge in [0.25, 0.3) is 5.89 Å². The molecule has 0 radical (unpaired) electrons. The number of halogens is 2. The molecule has 1 heterocycles. The standard InChI is InChI=1S/C18H18BrN3O2.ClH/c19-14-5-3-13-10-15(6-4-12(13)9-14)23-11-16-21-17(22-24-16)18(20)7-1-2-8-18;/h3-6,9-10H,1-2,7-8,11,20H2;1H. The Kier molecular flexibility index (Phi) is 5.32. The van der Waals surface area contributed by atoms with Crippen molar-refractivity contribution in [3.63, 3.8) is 0 Å². The van der Waals surface area contributed by atoms with Crippen molar-refractivity contribution in [1.29, 1.82) is 0 Å². The molecule has 0 atom stereocenters. The Morgan fingerprint density at radius 1 is 1.12 bits per heavy atom. The van der Waals surface area contributed by atoms with Crippen molar-refractivity contribution in [3.05, 3.63) is 52.6 Å². The first-order chi connectivity index (χ1) is 11.6. The number of fused-ring (bicyclic) bond motifs is 1. The molecule has 0 amide bonds. The second-order valence-corrected chi connectivity index (χ2v) is 7.23. The first-order valence-corrected chi connectivity index (χ1v) is 8.86. The van der Waals surface area contributed by atoms with Gasteiger partial charge in [0.2, 0.25) is 0 Å². The van der Waals surface area contributed by atoms with Crippen molar-refractivity contribution < 1.29 is 9.26 Å². The molecule has 0 bridgehead atoms. The van der Waals surface area contributed by atoms with Crippen molar-refractivity contribution >= 4 is 39.1 Å². The van der Waals surface area contributed by atoms with E-state index in [1.807, 2.05) is 24.3 Å². The van der Waals surface area contributed by atoms with Crippen LogP contribution in [0.2, 0.25) is 0 Å². The lowest BCUT2D eigenvalue weighted by Crippen LogP contribution is -2.34. The van der Waals surface area contributed by atoms with E-state index in [2.05, 4.69) is 38.2 Å². The van der Waals surface area contributed by atoms with Gasteiger partial charge in [-0.2, -0.15) is 4.98 Å². The van der Waals surface area contributed by atoms with E-state index in [0.717, 1.165) is 46.7 Å². The summed E-state index contributed by atoms with van der Waals surface area (Å²) in [6, 6.07) is 12.1. The summed E-state index contributed by atoms with van der Waals surface area (Å²) in [5.41, 5.74) is 5.91. The third kappa shape index (κ3) is 3.81. The van der Waals surface area contributed by atoms with Crippen LogP contribution >= 0.6 is 28.3 Å². The second-order valence-electron chi connectivity index (χ2n) is 6.32. The van der Waals surface area contributed by atoms with Gasteiger partial charge >= 0.3 is 0 Å². The number of aromatic nitrogens is 2. The molecule has 7 heteroatoms. The van der Waals surface area contributed by atoms with Gasteiger partial charge in [-0.1, -0.05) is 46.1 Å². The highest BCUT2D eigenvalue weighted by atomic mass is 79.9. The molecule has 1 aromatic heterocycles. The Balaban J connectivity index is 0.00000182. The van der Waals surface area contributed by atoms with E-state index in [1.165, 1.54) is 0 Å². The SMILES string of the molecule is Cl.NC1(c2noc(COc3ccc4cc(Br)ccc4c3)n2)CCCC1. The number of nitrogens with zero attached hydrogens (tertiary/aromatic N) is 2. The van der Waals surface area contributed by atoms with Crippen molar-refractivity contribution in [2.75, 3.05) is 0 Å². The molecule has 1 fully saturated rings. The molecule has 25 heavy (non-hydrogen) atoms. The van der Waals surface area contributed by atoms with E-state index in [0.29, 0.717) is 11.7 Å². The third-order valence-corrected chi connectivity index (χ3v) is 5.04. The summed E-state index contributed by atoms with van der Waals surface area (Å²) in [5.74, 6) is 1.83. The van der Waals surface area contributed by atoms with Gasteiger partial charge < -0.3 is 15.0 Å². The van der Waals surface area contributed by atoms with Gasteiger partial charge in [0.05, 0.1) is 5.54 Å². The van der Waals surface area contributed by atoms with Crippen LogP contribution in [0.15, 0.2) is 45.4 Å². The third-order valence-electron chi connectivity index (χ3n) is 4.55. The van der Waals surface area contributed by atoms with Crippen LogP contribution in [0.25, 0.3) is 10.8 Å². The van der Waals surface area contributed by atoms with Gasteiger partial charge in [0.1, 0.15) is 5.75 Å². The molecule has 0 aliphatic heterocycles. The number of ether oxygens (including phenoxy) is 1. The number of nitrogens with two attached hydrogens (primary N) is 1. The summed E-state index contributed by atoms with van der Waals surface area (Å²) in [6.07, 6.45) is 4.05. The molecule has 0 saturated heterocycles. The molecule has 132 valence electrons. The van der Waals surface area contributed by atoms with Gasteiger partial charge in [-0.25, -0.2) is 0 Å². The summed E-state index contributed by atoms with van der Waals surface area (Å²) in [6.45, 7) is 0.241. The Bertz CT molecular complexity index is 878. The Morgan fingerprint density at radius 2 is 1.84 bits per heavy atom. The summed E-state index contributed by atoms with van der Waals surface area (Å²) in [7, 11) is 0. The van der Waals surface area contributed by atoms with Crippen LogP contribution in [0.4, 0.5) is 0 Å². The monoisotopic (exact) mass is 423 g/mol. The zero-order valence-corrected chi connectivity index (χ0v) is 16.0. The topological polar surface area (TPSA) is 74.2 Å². The first kappa shape index (κ1) is 18.2. The Hall–Kier alpha value is -1.63. The Morgan fingerprint density at radius 3 is 2.64 bits per heavy atom. The largest absolute Gasteiger partial charge is 0.484 e. The fraction of sp³-hybridized carbons (Fsp3) is 0.333. The maximum absolute atomic E-state index is 6.35. The number of benzene rings is 2. The Labute approximate surface area is 160 Å². The molecule has 1 aliphatic rings. The summed E-state index contributed by atoms with van der Waals surface area (Å²) >= 11 is 3.48. The lowest BCUT2D eigenvalue weighted by molar-refractivity contribution is 0.241. The van der Waals surface area contributed by atoms with Crippen LogP contribution in [0.3, 0.4) is 0 Å². The highest BCUT2D eigenvalue weighted by Crippen LogP contribution is 2.34. The predicted molar refractivity (Wildman–Crippen MR) is 102 cm³/mol. The molecule has 2 N–H and O–H groups in total. The molecule has 5 nitrogen and oxygen atoms in total. The van der Waals surface area contributed by atoms with Gasteiger partial charge in [-0.3, -0.25) is 0 Å². The van der Waals surface area contributed by atoms with E-state index in [9.17, 15) is 0 Å². The minimum absolute atomic E-state index is 0. The van der Waals surface area contributed by atoms with Crippen LogP contribution in [-0.4, -0.2) is 10.1 Å². The minimum Gasteiger partial charge on any atom is -0.484 e. The van der Waals surface area contributed by atoms with Crippen molar-refractivity contribution in [3.8, 4) is 5.75 Å². The van der Waals surface area contributed by atoms with Crippen molar-refractivity contribution in [2.24, 2.45) is 5.73 Å². The lowest BCUT2D eigenvalue weighted by Gasteiger charge is -2.17. The van der Waals surface area contributed by atoms with Crippen LogP contribution in [0.5, 0.6) is 5.75 Å². The normalized spacial score (nSPS) is 15.9. The fourth-order valence-electron chi connectivity index (χ4n) is 3.17. The first-order valence-electron chi connectivity index (χ1n) is 8.06. The predicted octanol–water partition coefficient (Wildman–Crippen LogP) is 4.71. The van der Waals surface area contributed by atoms with E-state index >= 15 is 0 Å². The minimum atomic E-state index is -0.432. The van der Waals surface area contributed by atoms with Gasteiger partial charge in [-0.15, -0.1) is 12.4 Å². The van der Waals surface area contributed by atoms with Gasteiger partial charge in [-0.05, 0) is 47.9 Å². The number of hydrogen-bond donors (Lipinski definition) is 1. The molecule has 0 spiro atoms. The maximum atomic E-state index is 6.35. The summed E-state index contributed by atoms with van der Waals surface area (Å²) in [4.78, 5) is 4.42. The molecule has 3 aromatic rings. The van der Waals surface area contributed by atoms with Crippen molar-refractivity contribution in [2.45, 2.75) is 37.8 Å². The molecule has 1 saturated carbocycles. The van der Waals surface area contributed by atoms with Crippen LogP contribution in [0, 0.1) is 0 Å². The highest BCUT2D eigenvalue weighted by Gasteiger charge is 2.35. The number of rotatable bonds is 4. The van der Waals surface area contributed by atoms with Crippen LogP contribution in [0.1, 0.15) is 37.4 Å². The van der Waals surface area contributed by atoms with Crippen molar-refractivity contribution in [1.82, 2.24) is 10.1 Å².